The number of nitrogens with zero attached hydrogens (tertiary/aromatic N) is 2. The maximum atomic E-state index is 8.94. The van der Waals surface area contributed by atoms with Crippen molar-refractivity contribution >= 4 is 37.8 Å². The molecule has 0 aromatic carbocycles. The molecule has 3 heterocycles. The standard InChI is InChI=1S/C12H13N3S2/c1-8-6-15(3-2-14-8)10-7-16-11-4-9(5-13)17-12(10)11/h4,7-8,14H,2-3,6H2,1H3/t8-/m0/s1. The highest BCUT2D eigenvalue weighted by atomic mass is 32.1. The van der Waals surface area contributed by atoms with E-state index in [2.05, 4.69) is 28.6 Å². The summed E-state index contributed by atoms with van der Waals surface area (Å²) in [6.07, 6.45) is 0. The zero-order valence-corrected chi connectivity index (χ0v) is 11.2. The van der Waals surface area contributed by atoms with Crippen LogP contribution in [0.2, 0.25) is 0 Å². The molecule has 88 valence electrons. The van der Waals surface area contributed by atoms with E-state index in [-0.39, 0.29) is 0 Å². The van der Waals surface area contributed by atoms with Crippen molar-refractivity contribution < 1.29 is 0 Å². The maximum Gasteiger partial charge on any atom is 0.110 e. The minimum Gasteiger partial charge on any atom is -0.367 e. The van der Waals surface area contributed by atoms with Crippen molar-refractivity contribution in [2.24, 2.45) is 0 Å². The Balaban J connectivity index is 1.99. The van der Waals surface area contributed by atoms with Gasteiger partial charge in [-0.05, 0) is 13.0 Å². The molecule has 1 saturated heterocycles. The van der Waals surface area contributed by atoms with Crippen LogP contribution in [0.3, 0.4) is 0 Å². The van der Waals surface area contributed by atoms with Gasteiger partial charge in [0, 0.05) is 35.8 Å². The van der Waals surface area contributed by atoms with Crippen LogP contribution < -0.4 is 10.2 Å². The Labute approximate surface area is 108 Å². The molecule has 17 heavy (non-hydrogen) atoms. The Kier molecular flexibility index (Phi) is 2.79. The molecule has 5 heteroatoms. The highest BCUT2D eigenvalue weighted by Crippen LogP contribution is 2.39. The fourth-order valence-electron chi connectivity index (χ4n) is 2.24. The van der Waals surface area contributed by atoms with Crippen LogP contribution >= 0.6 is 22.7 Å². The van der Waals surface area contributed by atoms with Crippen molar-refractivity contribution in [2.45, 2.75) is 13.0 Å². The molecule has 1 aliphatic rings. The summed E-state index contributed by atoms with van der Waals surface area (Å²) in [5.41, 5.74) is 1.31. The van der Waals surface area contributed by atoms with Gasteiger partial charge in [-0.2, -0.15) is 5.26 Å². The lowest BCUT2D eigenvalue weighted by atomic mass is 10.2. The first-order valence-electron chi connectivity index (χ1n) is 5.67. The quantitative estimate of drug-likeness (QED) is 0.859. The molecule has 0 radical (unpaired) electrons. The minimum absolute atomic E-state index is 0.536. The van der Waals surface area contributed by atoms with Crippen molar-refractivity contribution in [2.75, 3.05) is 24.5 Å². The summed E-state index contributed by atoms with van der Waals surface area (Å²) in [5, 5.41) is 14.6. The van der Waals surface area contributed by atoms with E-state index in [0.717, 1.165) is 24.5 Å². The second kappa shape index (κ2) is 4.30. The zero-order valence-electron chi connectivity index (χ0n) is 9.56. The number of anilines is 1. The molecule has 0 saturated carbocycles. The first-order chi connectivity index (χ1) is 8.28. The van der Waals surface area contributed by atoms with Gasteiger partial charge in [-0.25, -0.2) is 0 Å². The number of hydrogen-bond donors (Lipinski definition) is 1. The second-order valence-electron chi connectivity index (χ2n) is 4.34. The molecule has 2 aromatic heterocycles. The molecule has 1 atom stereocenters. The van der Waals surface area contributed by atoms with E-state index < -0.39 is 0 Å². The highest BCUT2D eigenvalue weighted by Gasteiger charge is 2.19. The molecular formula is C12H13N3S2. The number of nitrogens with one attached hydrogen (secondary N) is 1. The SMILES string of the molecule is C[C@H]1CN(c2csc3cc(C#N)sc23)CCN1. The van der Waals surface area contributed by atoms with Gasteiger partial charge >= 0.3 is 0 Å². The summed E-state index contributed by atoms with van der Waals surface area (Å²) < 4.78 is 2.52. The lowest BCUT2D eigenvalue weighted by Gasteiger charge is -2.33. The summed E-state index contributed by atoms with van der Waals surface area (Å²) in [4.78, 5) is 3.24. The van der Waals surface area contributed by atoms with Crippen LogP contribution in [0.5, 0.6) is 0 Å². The largest absolute Gasteiger partial charge is 0.367 e. The molecule has 2 aromatic rings. The van der Waals surface area contributed by atoms with Gasteiger partial charge in [0.25, 0.3) is 0 Å². The van der Waals surface area contributed by atoms with Crippen LogP contribution in [0.15, 0.2) is 11.4 Å². The summed E-state index contributed by atoms with van der Waals surface area (Å²) in [6.45, 7) is 5.35. The molecule has 0 unspecified atom stereocenters. The van der Waals surface area contributed by atoms with Gasteiger partial charge < -0.3 is 10.2 Å². The third-order valence-electron chi connectivity index (χ3n) is 3.05. The van der Waals surface area contributed by atoms with Crippen molar-refractivity contribution in [3.63, 3.8) is 0 Å². The topological polar surface area (TPSA) is 39.1 Å². The third-order valence-corrected chi connectivity index (χ3v) is 5.16. The van der Waals surface area contributed by atoms with Gasteiger partial charge in [-0.1, -0.05) is 0 Å². The highest BCUT2D eigenvalue weighted by molar-refractivity contribution is 7.28. The Morgan fingerprint density at radius 2 is 2.47 bits per heavy atom. The summed E-state index contributed by atoms with van der Waals surface area (Å²) in [5.74, 6) is 0. The smallest absolute Gasteiger partial charge is 0.110 e. The van der Waals surface area contributed by atoms with Crippen LogP contribution in [-0.4, -0.2) is 25.7 Å². The Morgan fingerprint density at radius 3 is 3.24 bits per heavy atom. The average Bonchev–Trinajstić information content (AvgIpc) is 2.87. The molecule has 1 fully saturated rings. The number of rotatable bonds is 1. The first kappa shape index (κ1) is 11.0. The molecule has 1 N–H and O–H groups in total. The number of hydrogen-bond acceptors (Lipinski definition) is 5. The van der Waals surface area contributed by atoms with E-state index in [0.29, 0.717) is 6.04 Å². The summed E-state index contributed by atoms with van der Waals surface area (Å²) in [7, 11) is 0. The fourth-order valence-corrected chi connectivity index (χ4v) is 4.45. The Hall–Kier alpha value is -1.09. The lowest BCUT2D eigenvalue weighted by molar-refractivity contribution is 0.486. The van der Waals surface area contributed by atoms with Gasteiger partial charge in [0.2, 0.25) is 0 Å². The number of fused-ring (bicyclic) bond motifs is 1. The van der Waals surface area contributed by atoms with Crippen LogP contribution in [-0.2, 0) is 0 Å². The van der Waals surface area contributed by atoms with E-state index in [1.165, 1.54) is 15.1 Å². The first-order valence-corrected chi connectivity index (χ1v) is 7.37. The normalized spacial score (nSPS) is 20.7. The lowest BCUT2D eigenvalue weighted by Crippen LogP contribution is -2.49. The van der Waals surface area contributed by atoms with E-state index in [1.54, 1.807) is 22.7 Å². The zero-order chi connectivity index (χ0) is 11.8. The fraction of sp³-hybridized carbons (Fsp3) is 0.417. The van der Waals surface area contributed by atoms with E-state index in [1.807, 2.05) is 6.07 Å². The average molecular weight is 263 g/mol. The van der Waals surface area contributed by atoms with Crippen LogP contribution in [0.4, 0.5) is 5.69 Å². The molecule has 3 nitrogen and oxygen atoms in total. The molecular weight excluding hydrogens is 250 g/mol. The van der Waals surface area contributed by atoms with Crippen molar-refractivity contribution in [3.05, 3.63) is 16.3 Å². The molecule has 1 aliphatic heterocycles. The van der Waals surface area contributed by atoms with Crippen LogP contribution in [0, 0.1) is 11.3 Å². The van der Waals surface area contributed by atoms with Gasteiger partial charge in [0.15, 0.2) is 0 Å². The molecule has 0 amide bonds. The number of nitriles is 1. The summed E-state index contributed by atoms with van der Waals surface area (Å²) >= 11 is 3.35. The van der Waals surface area contributed by atoms with E-state index >= 15 is 0 Å². The molecule has 0 bridgehead atoms. The molecule has 0 aliphatic carbocycles. The van der Waals surface area contributed by atoms with Gasteiger partial charge in [0.1, 0.15) is 10.9 Å². The third kappa shape index (κ3) is 1.93. The van der Waals surface area contributed by atoms with Crippen LogP contribution in [0.25, 0.3) is 9.40 Å². The predicted octanol–water partition coefficient (Wildman–Crippen LogP) is 2.63. The van der Waals surface area contributed by atoms with Crippen LogP contribution in [0.1, 0.15) is 11.8 Å². The number of piperazine rings is 1. The van der Waals surface area contributed by atoms with Gasteiger partial charge in [-0.3, -0.25) is 0 Å². The van der Waals surface area contributed by atoms with Gasteiger partial charge in [0.05, 0.1) is 10.4 Å². The van der Waals surface area contributed by atoms with Gasteiger partial charge in [-0.15, -0.1) is 22.7 Å². The molecule has 0 spiro atoms. The maximum absolute atomic E-state index is 8.94. The van der Waals surface area contributed by atoms with Crippen molar-refractivity contribution in [3.8, 4) is 6.07 Å². The van der Waals surface area contributed by atoms with Crippen molar-refractivity contribution in [1.29, 1.82) is 5.26 Å². The monoisotopic (exact) mass is 263 g/mol. The predicted molar refractivity (Wildman–Crippen MR) is 74.1 cm³/mol. The minimum atomic E-state index is 0.536. The summed E-state index contributed by atoms with van der Waals surface area (Å²) in [6, 6.07) is 4.77. The molecule has 3 rings (SSSR count). The Bertz CT molecular complexity index is 578. The van der Waals surface area contributed by atoms with E-state index in [9.17, 15) is 0 Å². The van der Waals surface area contributed by atoms with Crippen molar-refractivity contribution in [1.82, 2.24) is 5.32 Å². The second-order valence-corrected chi connectivity index (χ2v) is 6.30. The number of thiophene rings is 2. The van der Waals surface area contributed by atoms with E-state index in [4.69, 9.17) is 5.26 Å². The Morgan fingerprint density at radius 1 is 1.59 bits per heavy atom.